The number of nitrogens with zero attached hydrogens (tertiary/aromatic N) is 3. The molecule has 0 aliphatic heterocycles. The summed E-state index contributed by atoms with van der Waals surface area (Å²) >= 11 is 0. The number of allylic oxidation sites excluding steroid dienone is 1. The summed E-state index contributed by atoms with van der Waals surface area (Å²) in [7, 11) is 3.90. The Morgan fingerprint density at radius 3 is 2.62 bits per heavy atom. The largest absolute Gasteiger partial charge is 0.416 e. The molecule has 0 spiro atoms. The van der Waals surface area contributed by atoms with Gasteiger partial charge in [0.2, 0.25) is 0 Å². The highest BCUT2D eigenvalue weighted by molar-refractivity contribution is 6.05. The summed E-state index contributed by atoms with van der Waals surface area (Å²) < 4.78 is 39.4. The van der Waals surface area contributed by atoms with Gasteiger partial charge in [-0.2, -0.15) is 13.2 Å². The second kappa shape index (κ2) is 10.7. The number of carbonyl (C=O) groups is 1. The Bertz CT molecular complexity index is 1550. The van der Waals surface area contributed by atoms with E-state index < -0.39 is 17.6 Å². The molecule has 198 valence electrons. The number of halogens is 3. The molecule has 0 saturated heterocycles. The summed E-state index contributed by atoms with van der Waals surface area (Å²) in [5, 5.41) is 6.10. The van der Waals surface area contributed by atoms with Crippen LogP contribution in [-0.2, 0) is 19.1 Å². The molecule has 2 N–H and O–H groups in total. The predicted molar refractivity (Wildman–Crippen MR) is 147 cm³/mol. The van der Waals surface area contributed by atoms with E-state index in [1.807, 2.05) is 49.3 Å². The van der Waals surface area contributed by atoms with Gasteiger partial charge in [0.25, 0.3) is 5.91 Å². The summed E-state index contributed by atoms with van der Waals surface area (Å²) in [4.78, 5) is 24.1. The van der Waals surface area contributed by atoms with Crippen molar-refractivity contribution in [2.24, 2.45) is 0 Å². The van der Waals surface area contributed by atoms with Crippen molar-refractivity contribution in [3.05, 3.63) is 107 Å². The lowest BCUT2D eigenvalue weighted by atomic mass is 10.0. The summed E-state index contributed by atoms with van der Waals surface area (Å²) in [5.74, 6) is -0.510. The Morgan fingerprint density at radius 1 is 1.03 bits per heavy atom. The summed E-state index contributed by atoms with van der Waals surface area (Å²) in [5.41, 5.74) is 5.63. The van der Waals surface area contributed by atoms with Gasteiger partial charge in [0.15, 0.2) is 0 Å². The van der Waals surface area contributed by atoms with Crippen LogP contribution in [0.2, 0.25) is 0 Å². The van der Waals surface area contributed by atoms with Gasteiger partial charge in [-0.25, -0.2) is 0 Å². The van der Waals surface area contributed by atoms with Gasteiger partial charge in [-0.05, 0) is 68.2 Å². The first kappa shape index (κ1) is 26.1. The molecule has 0 atom stereocenters. The quantitative estimate of drug-likeness (QED) is 0.276. The molecule has 0 unspecified atom stereocenters. The molecule has 1 amide bonds. The van der Waals surface area contributed by atoms with Crippen molar-refractivity contribution in [1.29, 1.82) is 0 Å². The first-order chi connectivity index (χ1) is 18.7. The number of carbonyl (C=O) groups excluding carboxylic acids is 1. The molecular formula is C30H26F3N5O. The smallest absolute Gasteiger partial charge is 0.355 e. The van der Waals surface area contributed by atoms with E-state index in [2.05, 4.69) is 21.7 Å². The third-order valence-electron chi connectivity index (χ3n) is 6.27. The van der Waals surface area contributed by atoms with Crippen molar-refractivity contribution in [2.75, 3.05) is 24.7 Å². The third kappa shape index (κ3) is 5.99. The predicted octanol–water partition coefficient (Wildman–Crippen LogP) is 6.79. The number of aromatic nitrogens is 2. The van der Waals surface area contributed by atoms with Crippen molar-refractivity contribution in [2.45, 2.75) is 19.1 Å². The Labute approximate surface area is 224 Å². The fourth-order valence-electron chi connectivity index (χ4n) is 4.44. The van der Waals surface area contributed by atoms with Gasteiger partial charge in [0, 0.05) is 59.1 Å². The minimum Gasteiger partial charge on any atom is -0.355 e. The van der Waals surface area contributed by atoms with Crippen molar-refractivity contribution < 1.29 is 18.0 Å². The van der Waals surface area contributed by atoms with Crippen molar-refractivity contribution in [3.63, 3.8) is 0 Å². The number of anilines is 3. The maximum absolute atomic E-state index is 13.1. The molecule has 1 aliphatic rings. The van der Waals surface area contributed by atoms with E-state index in [0.29, 0.717) is 24.2 Å². The zero-order chi connectivity index (χ0) is 27.6. The number of hydrogen-bond donors (Lipinski definition) is 2. The molecule has 0 bridgehead atoms. The monoisotopic (exact) mass is 529 g/mol. The van der Waals surface area contributed by atoms with Gasteiger partial charge in [-0.15, -0.1) is 0 Å². The zero-order valence-electron chi connectivity index (χ0n) is 21.4. The second-order valence-electron chi connectivity index (χ2n) is 9.53. The highest BCUT2D eigenvalue weighted by Crippen LogP contribution is 2.34. The second-order valence-corrected chi connectivity index (χ2v) is 9.53. The molecule has 0 radical (unpaired) electrons. The molecule has 5 rings (SSSR count). The number of rotatable bonds is 7. The van der Waals surface area contributed by atoms with E-state index in [9.17, 15) is 18.0 Å². The first-order valence-corrected chi connectivity index (χ1v) is 12.3. The van der Waals surface area contributed by atoms with E-state index in [1.165, 1.54) is 12.1 Å². The number of nitrogens with one attached hydrogen (secondary N) is 2. The Kier molecular flexibility index (Phi) is 7.17. The number of amides is 1. The maximum atomic E-state index is 13.1. The zero-order valence-corrected chi connectivity index (χ0v) is 21.4. The molecule has 1 aliphatic carbocycles. The van der Waals surface area contributed by atoms with E-state index in [1.54, 1.807) is 24.5 Å². The van der Waals surface area contributed by atoms with Gasteiger partial charge in [0.1, 0.15) is 0 Å². The lowest BCUT2D eigenvalue weighted by Gasteiger charge is -2.19. The van der Waals surface area contributed by atoms with E-state index >= 15 is 0 Å². The van der Waals surface area contributed by atoms with Crippen LogP contribution in [0.5, 0.6) is 0 Å². The van der Waals surface area contributed by atoms with E-state index in [4.69, 9.17) is 4.98 Å². The molecule has 9 heteroatoms. The van der Waals surface area contributed by atoms with Gasteiger partial charge in [-0.3, -0.25) is 14.8 Å². The van der Waals surface area contributed by atoms with E-state index in [0.717, 1.165) is 45.9 Å². The molecule has 39 heavy (non-hydrogen) atoms. The lowest BCUT2D eigenvalue weighted by Crippen LogP contribution is -2.15. The number of alkyl halides is 3. The van der Waals surface area contributed by atoms with Crippen LogP contribution in [0.25, 0.3) is 17.3 Å². The molecule has 2 aromatic carbocycles. The summed E-state index contributed by atoms with van der Waals surface area (Å²) in [6.45, 7) is 0.608. The SMILES string of the molecule is CN(C)Cc1ccc(C(=O)Nc2cccc(C(F)(F)F)c2)cc1Nc1cc(-c2cccnc2)nc2c1C=CC2. The van der Waals surface area contributed by atoms with Crippen LogP contribution in [0.1, 0.15) is 32.7 Å². The van der Waals surface area contributed by atoms with Crippen LogP contribution >= 0.6 is 0 Å². The van der Waals surface area contributed by atoms with E-state index in [-0.39, 0.29) is 5.69 Å². The van der Waals surface area contributed by atoms with Crippen LogP contribution in [0, 0.1) is 0 Å². The number of hydrogen-bond acceptors (Lipinski definition) is 5. The summed E-state index contributed by atoms with van der Waals surface area (Å²) in [6, 6.07) is 15.6. The first-order valence-electron chi connectivity index (χ1n) is 12.3. The molecule has 0 saturated carbocycles. The highest BCUT2D eigenvalue weighted by Gasteiger charge is 2.30. The fraction of sp³-hybridized carbons (Fsp3) is 0.167. The normalized spacial score (nSPS) is 12.5. The summed E-state index contributed by atoms with van der Waals surface area (Å²) in [6.07, 6.45) is 3.75. The Morgan fingerprint density at radius 2 is 1.87 bits per heavy atom. The number of pyridine rings is 2. The number of fused-ring (bicyclic) bond motifs is 1. The molecular weight excluding hydrogens is 503 g/mol. The molecule has 2 aromatic heterocycles. The fourth-order valence-corrected chi connectivity index (χ4v) is 4.44. The maximum Gasteiger partial charge on any atom is 0.416 e. The Hall–Kier alpha value is -4.50. The van der Waals surface area contributed by atoms with Crippen LogP contribution in [0.15, 0.2) is 79.1 Å². The van der Waals surface area contributed by atoms with Gasteiger partial charge in [-0.1, -0.05) is 24.3 Å². The minimum atomic E-state index is -4.50. The average Bonchev–Trinajstić information content (AvgIpc) is 3.39. The lowest BCUT2D eigenvalue weighted by molar-refractivity contribution is -0.137. The Balaban J connectivity index is 1.49. The average molecular weight is 530 g/mol. The van der Waals surface area contributed by atoms with Crippen LogP contribution in [0.4, 0.5) is 30.2 Å². The van der Waals surface area contributed by atoms with Crippen LogP contribution < -0.4 is 10.6 Å². The molecule has 2 heterocycles. The topological polar surface area (TPSA) is 70.2 Å². The standard InChI is InChI=1S/C30H26F3N5O/c1-38(2)18-21-12-11-19(29(39)35-23-8-3-7-22(15-23)30(31,32)33)14-26(21)37-28-16-27(20-6-5-13-34-17-20)36-25-10-4-9-24(25)28/h3-9,11-17H,10,18H2,1-2H3,(H,35,39)(H,36,37). The van der Waals surface area contributed by atoms with Gasteiger partial charge >= 0.3 is 6.18 Å². The van der Waals surface area contributed by atoms with Crippen molar-refractivity contribution in [1.82, 2.24) is 14.9 Å². The van der Waals surface area contributed by atoms with Crippen molar-refractivity contribution in [3.8, 4) is 11.3 Å². The van der Waals surface area contributed by atoms with Crippen LogP contribution in [0.3, 0.4) is 0 Å². The van der Waals surface area contributed by atoms with Gasteiger partial charge in [0.05, 0.1) is 17.0 Å². The highest BCUT2D eigenvalue weighted by atomic mass is 19.4. The molecule has 0 fully saturated rings. The molecule has 4 aromatic rings. The van der Waals surface area contributed by atoms with Crippen LogP contribution in [-0.4, -0.2) is 34.9 Å². The minimum absolute atomic E-state index is 0.0694. The molecule has 6 nitrogen and oxygen atoms in total. The van der Waals surface area contributed by atoms with Gasteiger partial charge < -0.3 is 15.5 Å². The van der Waals surface area contributed by atoms with Crippen molar-refractivity contribution >= 4 is 29.0 Å². The third-order valence-corrected chi connectivity index (χ3v) is 6.27. The number of benzene rings is 2.